The van der Waals surface area contributed by atoms with Crippen molar-refractivity contribution in [3.63, 3.8) is 0 Å². The molecule has 2 heterocycles. The van der Waals surface area contributed by atoms with E-state index in [-0.39, 0.29) is 24.6 Å². The minimum absolute atomic E-state index is 0.0529. The average molecular weight is 415 g/mol. The summed E-state index contributed by atoms with van der Waals surface area (Å²) in [7, 11) is -2.09. The van der Waals surface area contributed by atoms with E-state index < -0.39 is 31.5 Å². The van der Waals surface area contributed by atoms with E-state index in [4.69, 9.17) is 4.43 Å². The number of Topliss-reactive ketones (excluding diaryl/α,β-unsaturated/α-hetero) is 1. The Morgan fingerprint density at radius 2 is 1.93 bits per heavy atom. The third kappa shape index (κ3) is 5.25. The van der Waals surface area contributed by atoms with Gasteiger partial charge < -0.3 is 4.43 Å². The first kappa shape index (κ1) is 22.2. The predicted octanol–water partition coefficient (Wildman–Crippen LogP) is 4.14. The van der Waals surface area contributed by atoms with Gasteiger partial charge in [-0.1, -0.05) is 20.8 Å². The fourth-order valence-corrected chi connectivity index (χ4v) is 3.38. The number of carbonyl (C=O) groups is 1. The van der Waals surface area contributed by atoms with E-state index >= 15 is 0 Å². The molecule has 0 aromatic carbocycles. The van der Waals surface area contributed by atoms with Gasteiger partial charge in [-0.05, 0) is 24.2 Å². The Kier molecular flexibility index (Phi) is 6.44. The van der Waals surface area contributed by atoms with Gasteiger partial charge in [-0.25, -0.2) is 9.97 Å². The highest BCUT2D eigenvalue weighted by molar-refractivity contribution is 6.74. The number of aromatic nitrogens is 4. The number of hydrogen-bond acceptors (Lipinski definition) is 5. The van der Waals surface area contributed by atoms with Crippen LogP contribution in [-0.4, -0.2) is 40.5 Å². The molecule has 0 unspecified atom stereocenters. The smallest absolute Gasteiger partial charge is 0.415 e. The monoisotopic (exact) mass is 414 g/mol. The van der Waals surface area contributed by atoms with Gasteiger partial charge >= 0.3 is 6.18 Å². The van der Waals surface area contributed by atoms with Crippen LogP contribution in [0, 0.1) is 0 Å². The third-order valence-electron chi connectivity index (χ3n) is 4.97. The standard InChI is InChI=1S/C18H25F3N4O2Si/c1-17(2,3)28(4,5)27-9-8-25-16(18(19,20)21)14(11-24-25)15(26)10-13-6-7-22-12-23-13/h6-7,11-12H,8-10H2,1-5H3. The molecule has 0 atom stereocenters. The highest BCUT2D eigenvalue weighted by Crippen LogP contribution is 2.37. The summed E-state index contributed by atoms with van der Waals surface area (Å²) in [6.45, 7) is 10.2. The molecule has 10 heteroatoms. The van der Waals surface area contributed by atoms with Crippen molar-refractivity contribution < 1.29 is 22.4 Å². The number of halogens is 3. The Labute approximate surface area is 163 Å². The fraction of sp³-hybridized carbons (Fsp3) is 0.556. The van der Waals surface area contributed by atoms with Gasteiger partial charge in [0.05, 0.1) is 37.0 Å². The molecule has 0 aliphatic heterocycles. The Hall–Kier alpha value is -2.07. The second-order valence-electron chi connectivity index (χ2n) is 8.04. The topological polar surface area (TPSA) is 69.9 Å². The first-order chi connectivity index (χ1) is 12.8. The molecule has 2 rings (SSSR count). The Morgan fingerprint density at radius 3 is 2.46 bits per heavy atom. The van der Waals surface area contributed by atoms with Crippen molar-refractivity contribution in [2.75, 3.05) is 6.61 Å². The van der Waals surface area contributed by atoms with Crippen LogP contribution < -0.4 is 0 Å². The van der Waals surface area contributed by atoms with Crippen LogP contribution in [0.25, 0.3) is 0 Å². The zero-order chi connectivity index (χ0) is 21.2. The lowest BCUT2D eigenvalue weighted by Gasteiger charge is -2.36. The number of alkyl halides is 3. The maximum absolute atomic E-state index is 13.6. The van der Waals surface area contributed by atoms with Gasteiger partial charge in [0.1, 0.15) is 6.33 Å². The van der Waals surface area contributed by atoms with Crippen LogP contribution in [0.4, 0.5) is 13.2 Å². The average Bonchev–Trinajstić information content (AvgIpc) is 2.99. The number of nitrogens with zero attached hydrogens (tertiary/aromatic N) is 4. The number of rotatable bonds is 7. The molecule has 0 saturated carbocycles. The number of ketones is 1. The van der Waals surface area contributed by atoms with Crippen LogP contribution in [-0.2, 0) is 23.6 Å². The molecule has 0 spiro atoms. The summed E-state index contributed by atoms with van der Waals surface area (Å²) in [6, 6.07) is 1.49. The van der Waals surface area contributed by atoms with Gasteiger partial charge in [0.15, 0.2) is 19.8 Å². The molecule has 0 radical (unpaired) electrons. The van der Waals surface area contributed by atoms with Crippen molar-refractivity contribution in [3.8, 4) is 0 Å². The van der Waals surface area contributed by atoms with E-state index in [9.17, 15) is 18.0 Å². The molecule has 154 valence electrons. The number of hydrogen-bond donors (Lipinski definition) is 0. The van der Waals surface area contributed by atoms with E-state index in [1.807, 2.05) is 13.1 Å². The minimum atomic E-state index is -4.70. The largest absolute Gasteiger partial charge is 0.433 e. The molecule has 0 bridgehead atoms. The summed E-state index contributed by atoms with van der Waals surface area (Å²) >= 11 is 0. The normalized spacial score (nSPS) is 13.0. The molecular weight excluding hydrogens is 389 g/mol. The maximum atomic E-state index is 13.6. The fourth-order valence-electron chi connectivity index (χ4n) is 2.34. The zero-order valence-corrected chi connectivity index (χ0v) is 17.7. The highest BCUT2D eigenvalue weighted by atomic mass is 28.4. The van der Waals surface area contributed by atoms with E-state index in [0.29, 0.717) is 5.69 Å². The minimum Gasteiger partial charge on any atom is -0.415 e. The molecule has 2 aromatic rings. The molecule has 0 saturated heterocycles. The Balaban J connectivity index is 2.19. The summed E-state index contributed by atoms with van der Waals surface area (Å²) in [5.41, 5.74) is -1.16. The van der Waals surface area contributed by atoms with Crippen LogP contribution in [0.1, 0.15) is 42.5 Å². The predicted molar refractivity (Wildman–Crippen MR) is 100 cm³/mol. The lowest BCUT2D eigenvalue weighted by atomic mass is 10.1. The molecular formula is C18H25F3N4O2Si. The van der Waals surface area contributed by atoms with Gasteiger partial charge in [-0.3, -0.25) is 9.48 Å². The Morgan fingerprint density at radius 1 is 1.25 bits per heavy atom. The van der Waals surface area contributed by atoms with E-state index in [0.717, 1.165) is 10.9 Å². The molecule has 0 N–H and O–H groups in total. The van der Waals surface area contributed by atoms with Gasteiger partial charge in [-0.2, -0.15) is 18.3 Å². The summed E-state index contributed by atoms with van der Waals surface area (Å²) in [5, 5.41) is 3.75. The van der Waals surface area contributed by atoms with Crippen molar-refractivity contribution >= 4 is 14.1 Å². The molecule has 0 amide bonds. The van der Waals surface area contributed by atoms with Gasteiger partial charge in [0, 0.05) is 6.20 Å². The second-order valence-corrected chi connectivity index (χ2v) is 12.8. The molecule has 2 aromatic heterocycles. The second kappa shape index (κ2) is 8.12. The van der Waals surface area contributed by atoms with E-state index in [1.165, 1.54) is 18.6 Å². The quantitative estimate of drug-likeness (QED) is 0.503. The lowest BCUT2D eigenvalue weighted by Crippen LogP contribution is -2.41. The molecule has 0 aliphatic carbocycles. The Bertz CT molecular complexity index is 814. The van der Waals surface area contributed by atoms with Crippen LogP contribution in [0.2, 0.25) is 18.1 Å². The van der Waals surface area contributed by atoms with Gasteiger partial charge in [0.2, 0.25) is 0 Å². The SMILES string of the molecule is CC(C)(C)[Si](C)(C)OCCn1ncc(C(=O)Cc2ccncn2)c1C(F)(F)F. The van der Waals surface area contributed by atoms with Crippen molar-refractivity contribution in [1.82, 2.24) is 19.7 Å². The van der Waals surface area contributed by atoms with Crippen molar-refractivity contribution in [2.24, 2.45) is 0 Å². The maximum Gasteiger partial charge on any atom is 0.433 e. The van der Waals surface area contributed by atoms with Crippen molar-refractivity contribution in [1.29, 1.82) is 0 Å². The van der Waals surface area contributed by atoms with Crippen molar-refractivity contribution in [3.05, 3.63) is 41.7 Å². The van der Waals surface area contributed by atoms with E-state index in [1.54, 1.807) is 0 Å². The molecule has 0 fully saturated rings. The number of carbonyl (C=O) groups excluding carboxylic acids is 1. The van der Waals surface area contributed by atoms with Crippen LogP contribution in [0.3, 0.4) is 0 Å². The summed E-state index contributed by atoms with van der Waals surface area (Å²) in [5.74, 6) is -0.692. The third-order valence-corrected chi connectivity index (χ3v) is 9.50. The van der Waals surface area contributed by atoms with Crippen LogP contribution in [0.15, 0.2) is 24.8 Å². The highest BCUT2D eigenvalue weighted by Gasteiger charge is 2.40. The van der Waals surface area contributed by atoms with Crippen LogP contribution >= 0.6 is 0 Å². The summed E-state index contributed by atoms with van der Waals surface area (Å²) < 4.78 is 47.6. The van der Waals surface area contributed by atoms with Crippen LogP contribution in [0.5, 0.6) is 0 Å². The first-order valence-electron chi connectivity index (χ1n) is 8.88. The molecule has 0 aliphatic rings. The zero-order valence-electron chi connectivity index (χ0n) is 16.7. The van der Waals surface area contributed by atoms with Gasteiger partial charge in [-0.15, -0.1) is 0 Å². The lowest BCUT2D eigenvalue weighted by molar-refractivity contribution is -0.144. The summed E-state index contributed by atoms with van der Waals surface area (Å²) in [6.07, 6.45) is -1.31. The van der Waals surface area contributed by atoms with Gasteiger partial charge in [0.25, 0.3) is 0 Å². The molecule has 28 heavy (non-hydrogen) atoms. The summed E-state index contributed by atoms with van der Waals surface area (Å²) in [4.78, 5) is 20.0. The first-order valence-corrected chi connectivity index (χ1v) is 11.8. The molecule has 6 nitrogen and oxygen atoms in total. The van der Waals surface area contributed by atoms with Crippen molar-refractivity contribution in [2.45, 2.75) is 58.0 Å². The van der Waals surface area contributed by atoms with E-state index in [2.05, 4.69) is 35.8 Å².